The summed E-state index contributed by atoms with van der Waals surface area (Å²) in [5.41, 5.74) is 0.694. The largest absolute Gasteiger partial charge is 0.462 e. The quantitative estimate of drug-likeness (QED) is 0.878. The minimum atomic E-state index is -0.221. The lowest BCUT2D eigenvalue weighted by Crippen LogP contribution is -2.37. The fraction of sp³-hybridized carbons (Fsp3) is 0.294. The number of rotatable bonds is 4. The lowest BCUT2D eigenvalue weighted by molar-refractivity contribution is -0.111. The van der Waals surface area contributed by atoms with Crippen molar-refractivity contribution in [1.82, 2.24) is 4.98 Å². The molecule has 0 atom stereocenters. The first kappa shape index (κ1) is 15.3. The molecule has 0 spiro atoms. The summed E-state index contributed by atoms with van der Waals surface area (Å²) in [5.74, 6) is 2.01. The van der Waals surface area contributed by atoms with Crippen molar-refractivity contribution in [3.05, 3.63) is 48.1 Å². The van der Waals surface area contributed by atoms with Crippen LogP contribution in [0, 0.1) is 6.92 Å². The van der Waals surface area contributed by atoms with Gasteiger partial charge in [-0.2, -0.15) is 0 Å². The topological polar surface area (TPSA) is 67.6 Å². The summed E-state index contributed by atoms with van der Waals surface area (Å²) in [4.78, 5) is 18.6. The number of aryl methyl sites for hydroxylation is 1. The smallest absolute Gasteiger partial charge is 0.248 e. The van der Waals surface area contributed by atoms with Crippen LogP contribution in [0.1, 0.15) is 11.5 Å². The van der Waals surface area contributed by atoms with Gasteiger partial charge in [0.1, 0.15) is 11.5 Å². The fourth-order valence-corrected chi connectivity index (χ4v) is 2.40. The highest BCUT2D eigenvalue weighted by atomic mass is 16.5. The highest BCUT2D eigenvalue weighted by molar-refractivity contribution is 6.03. The second kappa shape index (κ2) is 7.11. The van der Waals surface area contributed by atoms with Gasteiger partial charge in [0, 0.05) is 25.4 Å². The highest BCUT2D eigenvalue weighted by Crippen LogP contribution is 2.23. The van der Waals surface area contributed by atoms with Crippen LogP contribution in [0.5, 0.6) is 0 Å². The third-order valence-electron chi connectivity index (χ3n) is 3.52. The highest BCUT2D eigenvalue weighted by Gasteiger charge is 2.16. The van der Waals surface area contributed by atoms with E-state index in [1.807, 2.05) is 25.1 Å². The molecule has 1 N–H and O–H groups in total. The number of amides is 1. The molecule has 0 bridgehead atoms. The van der Waals surface area contributed by atoms with Gasteiger partial charge in [0.15, 0.2) is 5.82 Å². The fourth-order valence-electron chi connectivity index (χ4n) is 2.40. The number of morpholine rings is 1. The van der Waals surface area contributed by atoms with E-state index in [0.29, 0.717) is 24.7 Å². The zero-order valence-corrected chi connectivity index (χ0v) is 13.0. The number of anilines is 2. The van der Waals surface area contributed by atoms with E-state index in [9.17, 15) is 4.79 Å². The van der Waals surface area contributed by atoms with Gasteiger partial charge in [-0.25, -0.2) is 4.98 Å². The maximum absolute atomic E-state index is 12.1. The number of furan rings is 1. The van der Waals surface area contributed by atoms with Crippen LogP contribution in [0.25, 0.3) is 6.08 Å². The number of ether oxygens (including phenoxy) is 1. The maximum Gasteiger partial charge on any atom is 0.248 e. The van der Waals surface area contributed by atoms with Crippen molar-refractivity contribution >= 4 is 23.5 Å². The molecular formula is C17H19N3O3. The van der Waals surface area contributed by atoms with E-state index in [-0.39, 0.29) is 5.91 Å². The summed E-state index contributed by atoms with van der Waals surface area (Å²) in [7, 11) is 0. The van der Waals surface area contributed by atoms with Crippen molar-refractivity contribution < 1.29 is 13.9 Å². The predicted octanol–water partition coefficient (Wildman–Crippen LogP) is 2.47. The van der Waals surface area contributed by atoms with E-state index in [1.54, 1.807) is 18.3 Å². The molecule has 6 nitrogen and oxygen atoms in total. The summed E-state index contributed by atoms with van der Waals surface area (Å²) in [6.45, 7) is 4.73. The molecule has 23 heavy (non-hydrogen) atoms. The minimum Gasteiger partial charge on any atom is -0.462 e. The van der Waals surface area contributed by atoms with Crippen molar-refractivity contribution in [2.24, 2.45) is 0 Å². The van der Waals surface area contributed by atoms with Crippen LogP contribution >= 0.6 is 0 Å². The number of carbonyl (C=O) groups excluding carboxylic acids is 1. The molecule has 2 aromatic rings. The van der Waals surface area contributed by atoms with Gasteiger partial charge in [0.25, 0.3) is 0 Å². The van der Waals surface area contributed by atoms with Crippen LogP contribution in [-0.2, 0) is 9.53 Å². The van der Waals surface area contributed by atoms with Gasteiger partial charge in [0.05, 0.1) is 18.9 Å². The second-order valence-electron chi connectivity index (χ2n) is 5.24. The minimum absolute atomic E-state index is 0.221. The number of nitrogens with zero attached hydrogens (tertiary/aromatic N) is 2. The average molecular weight is 313 g/mol. The molecule has 3 rings (SSSR count). The van der Waals surface area contributed by atoms with Crippen LogP contribution in [0.4, 0.5) is 11.5 Å². The number of aromatic nitrogens is 1. The number of pyridine rings is 1. The van der Waals surface area contributed by atoms with Gasteiger partial charge < -0.3 is 19.4 Å². The lowest BCUT2D eigenvalue weighted by Gasteiger charge is -2.29. The van der Waals surface area contributed by atoms with Crippen LogP contribution in [-0.4, -0.2) is 37.2 Å². The maximum atomic E-state index is 12.1. The Bertz CT molecular complexity index is 703. The first-order valence-electron chi connectivity index (χ1n) is 7.55. The first-order chi connectivity index (χ1) is 11.2. The summed E-state index contributed by atoms with van der Waals surface area (Å²) in [6, 6.07) is 7.33. The summed E-state index contributed by atoms with van der Waals surface area (Å²) >= 11 is 0. The normalized spacial score (nSPS) is 15.1. The third-order valence-corrected chi connectivity index (χ3v) is 3.52. The van der Waals surface area contributed by atoms with E-state index in [2.05, 4.69) is 15.2 Å². The third kappa shape index (κ3) is 3.98. The molecule has 1 amide bonds. The molecule has 1 fully saturated rings. The summed E-state index contributed by atoms with van der Waals surface area (Å²) in [5, 5.41) is 2.87. The van der Waals surface area contributed by atoms with Gasteiger partial charge in [-0.1, -0.05) is 0 Å². The van der Waals surface area contributed by atoms with Crippen LogP contribution in [0.15, 0.2) is 41.0 Å². The average Bonchev–Trinajstić information content (AvgIpc) is 3.00. The molecule has 2 aromatic heterocycles. The van der Waals surface area contributed by atoms with Crippen molar-refractivity contribution in [2.45, 2.75) is 6.92 Å². The summed E-state index contributed by atoms with van der Waals surface area (Å²) < 4.78 is 10.8. The Morgan fingerprint density at radius 1 is 1.30 bits per heavy atom. The van der Waals surface area contributed by atoms with Gasteiger partial charge in [-0.3, -0.25) is 4.79 Å². The zero-order valence-electron chi connectivity index (χ0n) is 13.0. The first-order valence-corrected chi connectivity index (χ1v) is 7.55. The number of hydrogen-bond acceptors (Lipinski definition) is 5. The molecule has 3 heterocycles. The Hall–Kier alpha value is -2.60. The molecule has 6 heteroatoms. The molecule has 0 aliphatic carbocycles. The molecular weight excluding hydrogens is 294 g/mol. The van der Waals surface area contributed by atoms with E-state index in [0.717, 1.165) is 24.7 Å². The Kier molecular flexibility index (Phi) is 4.73. The van der Waals surface area contributed by atoms with Crippen molar-refractivity contribution in [3.8, 4) is 0 Å². The van der Waals surface area contributed by atoms with Crippen LogP contribution in [0.3, 0.4) is 0 Å². The number of nitrogens with one attached hydrogen (secondary N) is 1. The van der Waals surface area contributed by atoms with E-state index >= 15 is 0 Å². The Morgan fingerprint density at radius 3 is 2.87 bits per heavy atom. The van der Waals surface area contributed by atoms with Crippen molar-refractivity contribution in [3.63, 3.8) is 0 Å². The predicted molar refractivity (Wildman–Crippen MR) is 88.4 cm³/mol. The molecule has 0 unspecified atom stereocenters. The van der Waals surface area contributed by atoms with Gasteiger partial charge in [-0.15, -0.1) is 0 Å². The molecule has 120 valence electrons. The van der Waals surface area contributed by atoms with Crippen molar-refractivity contribution in [2.75, 3.05) is 36.5 Å². The lowest BCUT2D eigenvalue weighted by atomic mass is 10.3. The van der Waals surface area contributed by atoms with Gasteiger partial charge in [0.2, 0.25) is 5.91 Å². The molecule has 1 aliphatic heterocycles. The van der Waals surface area contributed by atoms with Crippen LogP contribution < -0.4 is 10.2 Å². The Morgan fingerprint density at radius 2 is 2.13 bits per heavy atom. The Labute approximate surface area is 134 Å². The molecule has 0 saturated carbocycles. The van der Waals surface area contributed by atoms with Gasteiger partial charge >= 0.3 is 0 Å². The number of carbonyl (C=O) groups is 1. The molecule has 1 saturated heterocycles. The zero-order chi connectivity index (χ0) is 16.1. The molecule has 0 aromatic carbocycles. The van der Waals surface area contributed by atoms with E-state index in [1.165, 1.54) is 6.08 Å². The molecule has 0 radical (unpaired) electrons. The van der Waals surface area contributed by atoms with Crippen molar-refractivity contribution in [1.29, 1.82) is 0 Å². The van der Waals surface area contributed by atoms with E-state index in [4.69, 9.17) is 9.15 Å². The molecule has 1 aliphatic rings. The SMILES string of the molecule is Cc1ccc(/C=C/C(=O)Nc2cccnc2N2CCOCC2)o1. The standard InChI is InChI=1S/C17H19N3O3/c1-13-4-5-14(23-13)6-7-16(21)19-15-3-2-8-18-17(15)20-9-11-22-12-10-20/h2-8H,9-12H2,1H3,(H,19,21)/b7-6+. The monoisotopic (exact) mass is 313 g/mol. The number of hydrogen-bond donors (Lipinski definition) is 1. The van der Waals surface area contributed by atoms with E-state index < -0.39 is 0 Å². The van der Waals surface area contributed by atoms with Gasteiger partial charge in [-0.05, 0) is 37.3 Å². The van der Waals surface area contributed by atoms with Crippen LogP contribution in [0.2, 0.25) is 0 Å². The second-order valence-corrected chi connectivity index (χ2v) is 5.24. The summed E-state index contributed by atoms with van der Waals surface area (Å²) in [6.07, 6.45) is 4.82. The Balaban J connectivity index is 1.69.